The van der Waals surface area contributed by atoms with Crippen molar-refractivity contribution >= 4 is 11.8 Å². The normalized spacial score (nSPS) is 14.8. The molecule has 0 saturated heterocycles. The fourth-order valence-electron chi connectivity index (χ4n) is 3.65. The average Bonchev–Trinajstić information content (AvgIpc) is 3.29. The second kappa shape index (κ2) is 10.8. The third-order valence-corrected chi connectivity index (χ3v) is 5.44. The highest BCUT2D eigenvalue weighted by Gasteiger charge is 2.25. The summed E-state index contributed by atoms with van der Waals surface area (Å²) in [6.45, 7) is 4.11. The number of ether oxygens (including phenoxy) is 2. The van der Waals surface area contributed by atoms with Gasteiger partial charge in [0.2, 0.25) is 11.8 Å². The van der Waals surface area contributed by atoms with Crippen LogP contribution in [0.3, 0.4) is 0 Å². The van der Waals surface area contributed by atoms with Crippen LogP contribution in [0.4, 0.5) is 0 Å². The molecule has 1 aliphatic rings. The fraction of sp³-hybridized carbons (Fsp3) is 0.458. The summed E-state index contributed by atoms with van der Waals surface area (Å²) in [5, 5.41) is 5.72. The molecule has 1 aromatic heterocycles. The number of nitrogens with one attached hydrogen (secondary N) is 2. The maximum absolute atomic E-state index is 12.8. The molecule has 0 aliphatic heterocycles. The lowest BCUT2D eigenvalue weighted by atomic mass is 10.0. The third kappa shape index (κ3) is 6.20. The van der Waals surface area contributed by atoms with Gasteiger partial charge < -0.3 is 20.1 Å². The highest BCUT2D eigenvalue weighted by molar-refractivity contribution is 5.99. The van der Waals surface area contributed by atoms with Gasteiger partial charge in [0.05, 0.1) is 12.7 Å². The van der Waals surface area contributed by atoms with Gasteiger partial charge in [0.25, 0.3) is 5.91 Å². The van der Waals surface area contributed by atoms with Crippen molar-refractivity contribution in [3.63, 3.8) is 0 Å². The van der Waals surface area contributed by atoms with Crippen LogP contribution in [0, 0.1) is 5.92 Å². The third-order valence-electron chi connectivity index (χ3n) is 5.44. The number of benzene rings is 1. The molecule has 2 aromatic rings. The van der Waals surface area contributed by atoms with Crippen LogP contribution in [0.1, 0.15) is 55.5 Å². The van der Waals surface area contributed by atoms with Gasteiger partial charge in [-0.15, -0.1) is 0 Å². The molecule has 1 saturated carbocycles. The number of amides is 2. The number of hydrogen-bond acceptors (Lipinski definition) is 5. The zero-order chi connectivity index (χ0) is 22.2. The lowest BCUT2D eigenvalue weighted by Crippen LogP contribution is -2.49. The molecule has 3 rings (SSSR count). The Morgan fingerprint density at radius 2 is 1.87 bits per heavy atom. The van der Waals surface area contributed by atoms with E-state index in [9.17, 15) is 9.59 Å². The van der Waals surface area contributed by atoms with E-state index in [-0.39, 0.29) is 23.8 Å². The molecule has 1 aromatic carbocycles. The molecule has 1 heterocycles. The molecule has 0 radical (unpaired) electrons. The Kier molecular flexibility index (Phi) is 7.87. The van der Waals surface area contributed by atoms with Crippen LogP contribution in [0.2, 0.25) is 0 Å². The van der Waals surface area contributed by atoms with Gasteiger partial charge >= 0.3 is 0 Å². The van der Waals surface area contributed by atoms with E-state index >= 15 is 0 Å². The van der Waals surface area contributed by atoms with Crippen molar-refractivity contribution in [1.29, 1.82) is 0 Å². The molecule has 1 unspecified atom stereocenters. The molecular formula is C24H31N3O4. The quantitative estimate of drug-likeness (QED) is 0.642. The molecule has 0 bridgehead atoms. The molecule has 2 amide bonds. The SMILES string of the molecule is COc1ccccc1C(=O)NC(C(=O)NCc1ccc(OC2CCCC2)nc1)C(C)C. The summed E-state index contributed by atoms with van der Waals surface area (Å²) >= 11 is 0. The summed E-state index contributed by atoms with van der Waals surface area (Å²) in [5.74, 6) is 0.407. The Hall–Kier alpha value is -3.09. The van der Waals surface area contributed by atoms with Gasteiger partial charge in [-0.25, -0.2) is 4.98 Å². The standard InChI is InChI=1S/C24H31N3O4/c1-16(2)22(27-23(28)19-10-6-7-11-20(19)30-3)24(29)26-15-17-12-13-21(25-14-17)31-18-8-4-5-9-18/h6-7,10-14,16,18,22H,4-5,8-9,15H2,1-3H3,(H,26,29)(H,27,28). The van der Waals surface area contributed by atoms with E-state index in [1.54, 1.807) is 30.5 Å². The van der Waals surface area contributed by atoms with Crippen molar-refractivity contribution in [2.24, 2.45) is 5.92 Å². The van der Waals surface area contributed by atoms with E-state index in [1.165, 1.54) is 20.0 Å². The number of methoxy groups -OCH3 is 1. The zero-order valence-corrected chi connectivity index (χ0v) is 18.4. The largest absolute Gasteiger partial charge is 0.496 e. The van der Waals surface area contributed by atoms with Crippen molar-refractivity contribution < 1.29 is 19.1 Å². The number of carbonyl (C=O) groups is 2. The lowest BCUT2D eigenvalue weighted by Gasteiger charge is -2.22. The van der Waals surface area contributed by atoms with Crippen molar-refractivity contribution in [3.05, 3.63) is 53.7 Å². The van der Waals surface area contributed by atoms with Crippen LogP contribution in [-0.2, 0) is 11.3 Å². The molecule has 0 spiro atoms. The Bertz CT molecular complexity index is 877. The van der Waals surface area contributed by atoms with Crippen molar-refractivity contribution in [1.82, 2.24) is 15.6 Å². The van der Waals surface area contributed by atoms with E-state index in [1.807, 2.05) is 26.0 Å². The average molecular weight is 426 g/mol. The van der Waals surface area contributed by atoms with Crippen molar-refractivity contribution in [2.45, 2.75) is 58.2 Å². The monoisotopic (exact) mass is 425 g/mol. The fourth-order valence-corrected chi connectivity index (χ4v) is 3.65. The second-order valence-electron chi connectivity index (χ2n) is 8.14. The van der Waals surface area contributed by atoms with Crippen LogP contribution in [0.15, 0.2) is 42.6 Å². The maximum Gasteiger partial charge on any atom is 0.255 e. The lowest BCUT2D eigenvalue weighted by molar-refractivity contribution is -0.124. The zero-order valence-electron chi connectivity index (χ0n) is 18.4. The molecule has 31 heavy (non-hydrogen) atoms. The minimum absolute atomic E-state index is 0.0843. The molecule has 1 aliphatic carbocycles. The first-order chi connectivity index (χ1) is 15.0. The summed E-state index contributed by atoms with van der Waals surface area (Å²) in [5.41, 5.74) is 1.26. The molecule has 2 N–H and O–H groups in total. The van der Waals surface area contributed by atoms with E-state index in [0.29, 0.717) is 23.7 Å². The summed E-state index contributed by atoms with van der Waals surface area (Å²) in [7, 11) is 1.51. The van der Waals surface area contributed by atoms with Crippen LogP contribution in [0.5, 0.6) is 11.6 Å². The first-order valence-corrected chi connectivity index (χ1v) is 10.8. The van der Waals surface area contributed by atoms with Crippen LogP contribution in [-0.4, -0.2) is 36.1 Å². The van der Waals surface area contributed by atoms with E-state index in [0.717, 1.165) is 18.4 Å². The minimum Gasteiger partial charge on any atom is -0.496 e. The van der Waals surface area contributed by atoms with Gasteiger partial charge in [-0.2, -0.15) is 0 Å². The summed E-state index contributed by atoms with van der Waals surface area (Å²) in [6.07, 6.45) is 6.55. The topological polar surface area (TPSA) is 89.5 Å². The molecule has 7 heteroatoms. The summed E-state index contributed by atoms with van der Waals surface area (Å²) in [6, 6.07) is 10.0. The summed E-state index contributed by atoms with van der Waals surface area (Å²) < 4.78 is 11.1. The highest BCUT2D eigenvalue weighted by Crippen LogP contribution is 2.23. The number of carbonyl (C=O) groups excluding carboxylic acids is 2. The molecule has 1 atom stereocenters. The van der Waals surface area contributed by atoms with Crippen LogP contribution < -0.4 is 20.1 Å². The van der Waals surface area contributed by atoms with Gasteiger partial charge in [0, 0.05) is 18.8 Å². The highest BCUT2D eigenvalue weighted by atomic mass is 16.5. The first-order valence-electron chi connectivity index (χ1n) is 10.8. The Balaban J connectivity index is 1.56. The molecule has 166 valence electrons. The van der Waals surface area contributed by atoms with Gasteiger partial charge in [-0.05, 0) is 49.3 Å². The summed E-state index contributed by atoms with van der Waals surface area (Å²) in [4.78, 5) is 29.8. The number of rotatable bonds is 9. The van der Waals surface area contributed by atoms with Crippen LogP contribution >= 0.6 is 0 Å². The van der Waals surface area contributed by atoms with E-state index in [4.69, 9.17) is 9.47 Å². The first kappa shape index (κ1) is 22.6. The number of nitrogens with zero attached hydrogens (tertiary/aromatic N) is 1. The molecular weight excluding hydrogens is 394 g/mol. The van der Waals surface area contributed by atoms with Crippen molar-refractivity contribution in [3.8, 4) is 11.6 Å². The number of aromatic nitrogens is 1. The van der Waals surface area contributed by atoms with Gasteiger partial charge in [-0.3, -0.25) is 9.59 Å². The van der Waals surface area contributed by atoms with Gasteiger partial charge in [0.15, 0.2) is 0 Å². The number of pyridine rings is 1. The Labute approximate surface area is 183 Å². The smallest absolute Gasteiger partial charge is 0.255 e. The van der Waals surface area contributed by atoms with Crippen LogP contribution in [0.25, 0.3) is 0 Å². The van der Waals surface area contributed by atoms with E-state index in [2.05, 4.69) is 15.6 Å². The molecule has 7 nitrogen and oxygen atoms in total. The van der Waals surface area contributed by atoms with Gasteiger partial charge in [0.1, 0.15) is 17.9 Å². The molecule has 1 fully saturated rings. The maximum atomic E-state index is 12.8. The van der Waals surface area contributed by atoms with Crippen molar-refractivity contribution in [2.75, 3.05) is 7.11 Å². The Morgan fingerprint density at radius 3 is 2.52 bits per heavy atom. The van der Waals surface area contributed by atoms with E-state index < -0.39 is 6.04 Å². The predicted octanol–water partition coefficient (Wildman–Crippen LogP) is 3.48. The predicted molar refractivity (Wildman–Crippen MR) is 118 cm³/mol. The number of hydrogen-bond donors (Lipinski definition) is 2. The Morgan fingerprint density at radius 1 is 1.13 bits per heavy atom. The number of para-hydroxylation sites is 1. The van der Waals surface area contributed by atoms with Gasteiger partial charge in [-0.1, -0.05) is 32.0 Å². The minimum atomic E-state index is -0.671. The second-order valence-corrected chi connectivity index (χ2v) is 8.14.